The van der Waals surface area contributed by atoms with Gasteiger partial charge >= 0.3 is 0 Å². The van der Waals surface area contributed by atoms with Gasteiger partial charge < -0.3 is 5.73 Å². The SMILES string of the molecule is Cc1ccc(N)c(NS(=O)(=O)CC#N)c1C. The molecular weight excluding hydrogens is 226 g/mol. The lowest BCUT2D eigenvalue weighted by Crippen LogP contribution is -2.17. The third-order valence-corrected chi connectivity index (χ3v) is 3.30. The third-order valence-electron chi connectivity index (χ3n) is 2.28. The Morgan fingerprint density at radius 2 is 2.06 bits per heavy atom. The Bertz CT molecular complexity index is 544. The Hall–Kier alpha value is -1.74. The van der Waals surface area contributed by atoms with Gasteiger partial charge in [0.2, 0.25) is 10.0 Å². The van der Waals surface area contributed by atoms with Crippen LogP contribution in [0.3, 0.4) is 0 Å². The summed E-state index contributed by atoms with van der Waals surface area (Å²) in [5, 5.41) is 8.37. The number of benzene rings is 1. The van der Waals surface area contributed by atoms with Gasteiger partial charge in [0, 0.05) is 0 Å². The minimum Gasteiger partial charge on any atom is -0.397 e. The molecule has 6 heteroatoms. The van der Waals surface area contributed by atoms with Gasteiger partial charge in [-0.2, -0.15) is 5.26 Å². The number of hydrogen-bond donors (Lipinski definition) is 2. The molecule has 0 atom stereocenters. The minimum atomic E-state index is -3.64. The molecule has 0 amide bonds. The summed E-state index contributed by atoms with van der Waals surface area (Å²) in [5.74, 6) is -0.584. The molecule has 16 heavy (non-hydrogen) atoms. The van der Waals surface area contributed by atoms with Crippen LogP contribution in [0.5, 0.6) is 0 Å². The van der Waals surface area contributed by atoms with E-state index in [1.54, 1.807) is 19.1 Å². The van der Waals surface area contributed by atoms with Crippen molar-refractivity contribution in [2.45, 2.75) is 13.8 Å². The Kier molecular flexibility index (Phi) is 3.40. The first-order valence-corrected chi connectivity index (χ1v) is 6.25. The molecule has 0 aliphatic heterocycles. The summed E-state index contributed by atoms with van der Waals surface area (Å²) >= 11 is 0. The van der Waals surface area contributed by atoms with Crippen molar-refractivity contribution < 1.29 is 8.42 Å². The van der Waals surface area contributed by atoms with Gasteiger partial charge in [-0.15, -0.1) is 0 Å². The lowest BCUT2D eigenvalue weighted by molar-refractivity contribution is 0.604. The van der Waals surface area contributed by atoms with Gasteiger partial charge in [0.25, 0.3) is 0 Å². The third kappa shape index (κ3) is 2.64. The number of nitrogen functional groups attached to an aromatic ring is 1. The van der Waals surface area contributed by atoms with E-state index >= 15 is 0 Å². The molecule has 0 heterocycles. The zero-order valence-electron chi connectivity index (χ0n) is 9.11. The summed E-state index contributed by atoms with van der Waals surface area (Å²) in [7, 11) is -3.64. The van der Waals surface area contributed by atoms with Gasteiger partial charge in [-0.05, 0) is 31.0 Å². The van der Waals surface area contributed by atoms with Crippen molar-refractivity contribution >= 4 is 21.4 Å². The number of aryl methyl sites for hydroxylation is 1. The molecule has 1 aromatic carbocycles. The second-order valence-corrected chi connectivity index (χ2v) is 5.21. The molecular formula is C10H13N3O2S. The fraction of sp³-hybridized carbons (Fsp3) is 0.300. The summed E-state index contributed by atoms with van der Waals surface area (Å²) in [5.41, 5.74) is 8.09. The van der Waals surface area contributed by atoms with E-state index in [2.05, 4.69) is 4.72 Å². The van der Waals surface area contributed by atoms with E-state index in [0.717, 1.165) is 11.1 Å². The Labute approximate surface area is 94.9 Å². The van der Waals surface area contributed by atoms with Gasteiger partial charge in [0.05, 0.1) is 17.4 Å². The molecule has 0 aliphatic rings. The number of nitrogens with one attached hydrogen (secondary N) is 1. The van der Waals surface area contributed by atoms with Crippen molar-refractivity contribution in [3.8, 4) is 6.07 Å². The van der Waals surface area contributed by atoms with Crippen molar-refractivity contribution in [2.24, 2.45) is 0 Å². The number of sulfonamides is 1. The predicted molar refractivity (Wildman–Crippen MR) is 63.4 cm³/mol. The van der Waals surface area contributed by atoms with Gasteiger partial charge in [-0.3, -0.25) is 4.72 Å². The predicted octanol–water partition coefficient (Wildman–Crippen LogP) is 1.15. The van der Waals surface area contributed by atoms with Crippen LogP contribution in [0.2, 0.25) is 0 Å². The fourth-order valence-electron chi connectivity index (χ4n) is 1.25. The zero-order chi connectivity index (χ0) is 12.3. The number of rotatable bonds is 3. The van der Waals surface area contributed by atoms with E-state index in [-0.39, 0.29) is 0 Å². The minimum absolute atomic E-state index is 0.351. The van der Waals surface area contributed by atoms with Crippen LogP contribution in [0, 0.1) is 25.2 Å². The normalized spacial score (nSPS) is 10.8. The van der Waals surface area contributed by atoms with Gasteiger partial charge in [-0.25, -0.2) is 8.42 Å². The van der Waals surface area contributed by atoms with Crippen LogP contribution in [0.1, 0.15) is 11.1 Å². The van der Waals surface area contributed by atoms with Crippen LogP contribution in [0.15, 0.2) is 12.1 Å². The van der Waals surface area contributed by atoms with E-state index in [4.69, 9.17) is 11.0 Å². The first-order chi connectivity index (χ1) is 7.37. The average molecular weight is 239 g/mol. The average Bonchev–Trinajstić information content (AvgIpc) is 2.19. The van der Waals surface area contributed by atoms with Crippen LogP contribution in [-0.2, 0) is 10.0 Å². The van der Waals surface area contributed by atoms with Crippen LogP contribution >= 0.6 is 0 Å². The number of anilines is 2. The summed E-state index contributed by atoms with van der Waals surface area (Å²) in [4.78, 5) is 0. The second-order valence-electron chi connectivity index (χ2n) is 3.49. The molecule has 5 nitrogen and oxygen atoms in total. The molecule has 0 saturated heterocycles. The molecule has 0 bridgehead atoms. The number of nitriles is 1. The van der Waals surface area contributed by atoms with Gasteiger partial charge in [0.1, 0.15) is 0 Å². The maximum atomic E-state index is 11.4. The van der Waals surface area contributed by atoms with Crippen molar-refractivity contribution in [2.75, 3.05) is 16.2 Å². The molecule has 0 aromatic heterocycles. The Morgan fingerprint density at radius 1 is 1.44 bits per heavy atom. The topological polar surface area (TPSA) is 96.0 Å². The quantitative estimate of drug-likeness (QED) is 0.773. The molecule has 0 fully saturated rings. The summed E-state index contributed by atoms with van der Waals surface area (Å²) in [6.07, 6.45) is 0. The highest BCUT2D eigenvalue weighted by Gasteiger charge is 2.14. The second kappa shape index (κ2) is 4.41. The standard InChI is InChI=1S/C10H13N3O2S/c1-7-3-4-9(12)10(8(7)2)13-16(14,15)6-5-11/h3-4,13H,6,12H2,1-2H3. The van der Waals surface area contributed by atoms with Crippen molar-refractivity contribution in [1.29, 1.82) is 5.26 Å². The van der Waals surface area contributed by atoms with Gasteiger partial charge in [0.15, 0.2) is 5.75 Å². The maximum absolute atomic E-state index is 11.4. The molecule has 0 aliphatic carbocycles. The van der Waals surface area contributed by atoms with Crippen molar-refractivity contribution in [3.63, 3.8) is 0 Å². The number of hydrogen-bond acceptors (Lipinski definition) is 4. The van der Waals surface area contributed by atoms with E-state index in [9.17, 15) is 8.42 Å². The van der Waals surface area contributed by atoms with Crippen molar-refractivity contribution in [3.05, 3.63) is 23.3 Å². The van der Waals surface area contributed by atoms with Gasteiger partial charge in [-0.1, -0.05) is 6.07 Å². The molecule has 1 aromatic rings. The molecule has 0 saturated carbocycles. The van der Waals surface area contributed by atoms with Crippen LogP contribution in [0.25, 0.3) is 0 Å². The van der Waals surface area contributed by atoms with E-state index in [1.807, 2.05) is 13.0 Å². The van der Waals surface area contributed by atoms with E-state index < -0.39 is 15.8 Å². The molecule has 0 unspecified atom stereocenters. The van der Waals surface area contributed by atoms with Crippen LogP contribution in [0.4, 0.5) is 11.4 Å². The van der Waals surface area contributed by atoms with E-state index in [0.29, 0.717) is 11.4 Å². The summed E-state index contributed by atoms with van der Waals surface area (Å²) in [6.45, 7) is 3.63. The van der Waals surface area contributed by atoms with Crippen LogP contribution < -0.4 is 10.5 Å². The monoisotopic (exact) mass is 239 g/mol. The summed E-state index contributed by atoms with van der Waals surface area (Å²) < 4.78 is 25.2. The molecule has 0 radical (unpaired) electrons. The Morgan fingerprint density at radius 3 is 2.62 bits per heavy atom. The maximum Gasteiger partial charge on any atom is 0.246 e. The van der Waals surface area contributed by atoms with Crippen molar-refractivity contribution in [1.82, 2.24) is 0 Å². The number of nitrogens with zero attached hydrogens (tertiary/aromatic N) is 1. The first-order valence-electron chi connectivity index (χ1n) is 4.60. The molecule has 3 N–H and O–H groups in total. The fourth-order valence-corrected chi connectivity index (χ4v) is 2.07. The number of nitrogens with two attached hydrogens (primary N) is 1. The highest BCUT2D eigenvalue weighted by molar-refractivity contribution is 7.92. The van der Waals surface area contributed by atoms with E-state index in [1.165, 1.54) is 0 Å². The summed E-state index contributed by atoms with van der Waals surface area (Å²) in [6, 6.07) is 5.03. The highest BCUT2D eigenvalue weighted by Crippen LogP contribution is 2.26. The Balaban J connectivity index is 3.17. The highest BCUT2D eigenvalue weighted by atomic mass is 32.2. The largest absolute Gasteiger partial charge is 0.397 e. The zero-order valence-corrected chi connectivity index (χ0v) is 9.93. The first kappa shape index (κ1) is 12.3. The molecule has 1 rings (SSSR count). The van der Waals surface area contributed by atoms with Crippen LogP contribution in [-0.4, -0.2) is 14.2 Å². The molecule has 86 valence electrons. The molecule has 0 spiro atoms. The lowest BCUT2D eigenvalue weighted by Gasteiger charge is -2.13. The lowest BCUT2D eigenvalue weighted by atomic mass is 10.1. The smallest absolute Gasteiger partial charge is 0.246 e.